The molecule has 0 bridgehead atoms. The van der Waals surface area contributed by atoms with E-state index < -0.39 is 0 Å². The minimum atomic E-state index is -0.282. The quantitative estimate of drug-likeness (QED) is 0.832. The van der Waals surface area contributed by atoms with Gasteiger partial charge in [0.15, 0.2) is 0 Å². The molecule has 1 aromatic carbocycles. The van der Waals surface area contributed by atoms with E-state index in [0.717, 1.165) is 18.5 Å². The normalized spacial score (nSPS) is 13.5. The molecule has 1 heterocycles. The first-order valence-corrected chi connectivity index (χ1v) is 7.81. The highest BCUT2D eigenvalue weighted by Crippen LogP contribution is 2.32. The monoisotopic (exact) mass is 286 g/mol. The number of benzene rings is 1. The van der Waals surface area contributed by atoms with E-state index in [1.807, 2.05) is 19.2 Å². The maximum absolute atomic E-state index is 6.00. The summed E-state index contributed by atoms with van der Waals surface area (Å²) >= 11 is 0. The van der Waals surface area contributed by atoms with Gasteiger partial charge in [0.05, 0.1) is 17.2 Å². The second kappa shape index (κ2) is 7.01. The Labute approximate surface area is 127 Å². The summed E-state index contributed by atoms with van der Waals surface area (Å²) in [6.07, 6.45) is 2.95. The van der Waals surface area contributed by atoms with Crippen molar-refractivity contribution in [2.24, 2.45) is 0 Å². The highest BCUT2D eigenvalue weighted by molar-refractivity contribution is 5.82. The fraction of sp³-hybridized carbons (Fsp3) is 0.500. The van der Waals surface area contributed by atoms with Crippen molar-refractivity contribution in [2.45, 2.75) is 45.8 Å². The van der Waals surface area contributed by atoms with E-state index in [1.54, 1.807) is 0 Å². The Balaban J connectivity index is 2.48. The second-order valence-electron chi connectivity index (χ2n) is 5.85. The number of para-hydroxylation sites is 1. The predicted octanol–water partition coefficient (Wildman–Crippen LogP) is 4.09. The van der Waals surface area contributed by atoms with Gasteiger partial charge in [-0.3, -0.25) is 4.98 Å². The predicted molar refractivity (Wildman–Crippen MR) is 88.5 cm³/mol. The van der Waals surface area contributed by atoms with Gasteiger partial charge in [0.2, 0.25) is 0 Å². The standard InChI is InChI=1S/C18H26N2O/c1-5-12-20-17(18(3,4)21-6-2)15-11-7-9-14-10-8-13-19-16(14)15/h7-11,13,17,20H,5-6,12H2,1-4H3. The first-order valence-electron chi connectivity index (χ1n) is 7.81. The molecule has 0 saturated carbocycles. The highest BCUT2D eigenvalue weighted by atomic mass is 16.5. The van der Waals surface area contributed by atoms with Crippen LogP contribution >= 0.6 is 0 Å². The zero-order chi connectivity index (χ0) is 15.3. The van der Waals surface area contributed by atoms with Crippen molar-refractivity contribution in [1.82, 2.24) is 10.3 Å². The van der Waals surface area contributed by atoms with Gasteiger partial charge in [0.25, 0.3) is 0 Å². The summed E-state index contributed by atoms with van der Waals surface area (Å²) in [4.78, 5) is 4.59. The van der Waals surface area contributed by atoms with Crippen LogP contribution in [-0.4, -0.2) is 23.7 Å². The third-order valence-electron chi connectivity index (χ3n) is 3.78. The summed E-state index contributed by atoms with van der Waals surface area (Å²) in [5.74, 6) is 0. The first kappa shape index (κ1) is 15.9. The molecule has 0 spiro atoms. The first-order chi connectivity index (χ1) is 10.1. The van der Waals surface area contributed by atoms with Crippen LogP contribution in [0, 0.1) is 0 Å². The van der Waals surface area contributed by atoms with Crippen LogP contribution < -0.4 is 5.32 Å². The van der Waals surface area contributed by atoms with Crippen LogP contribution in [-0.2, 0) is 4.74 Å². The Hall–Kier alpha value is -1.45. The lowest BCUT2D eigenvalue weighted by Gasteiger charge is -2.35. The number of hydrogen-bond donors (Lipinski definition) is 1. The largest absolute Gasteiger partial charge is 0.374 e. The zero-order valence-corrected chi connectivity index (χ0v) is 13.5. The average Bonchev–Trinajstić information content (AvgIpc) is 2.47. The van der Waals surface area contributed by atoms with E-state index in [0.29, 0.717) is 6.61 Å². The highest BCUT2D eigenvalue weighted by Gasteiger charge is 2.32. The van der Waals surface area contributed by atoms with Crippen molar-refractivity contribution in [1.29, 1.82) is 0 Å². The fourth-order valence-corrected chi connectivity index (χ4v) is 2.84. The molecule has 0 aliphatic rings. The molecule has 3 nitrogen and oxygen atoms in total. The van der Waals surface area contributed by atoms with Gasteiger partial charge in [-0.15, -0.1) is 0 Å². The SMILES string of the molecule is CCCNC(c1cccc2cccnc12)C(C)(C)OCC. The molecule has 1 unspecified atom stereocenters. The molecule has 0 fully saturated rings. The third kappa shape index (κ3) is 3.60. The smallest absolute Gasteiger partial charge is 0.0821 e. The van der Waals surface area contributed by atoms with E-state index in [9.17, 15) is 0 Å². The molecule has 0 radical (unpaired) electrons. The number of fused-ring (bicyclic) bond motifs is 1. The van der Waals surface area contributed by atoms with Gasteiger partial charge in [-0.2, -0.15) is 0 Å². The maximum atomic E-state index is 6.00. The molecule has 1 N–H and O–H groups in total. The second-order valence-corrected chi connectivity index (χ2v) is 5.85. The Morgan fingerprint density at radius 3 is 2.67 bits per heavy atom. The van der Waals surface area contributed by atoms with Gasteiger partial charge in [0, 0.05) is 18.2 Å². The maximum Gasteiger partial charge on any atom is 0.0821 e. The van der Waals surface area contributed by atoms with Crippen LogP contribution in [0.3, 0.4) is 0 Å². The van der Waals surface area contributed by atoms with Crippen molar-refractivity contribution in [3.05, 3.63) is 42.1 Å². The van der Waals surface area contributed by atoms with Crippen LogP contribution in [0.2, 0.25) is 0 Å². The summed E-state index contributed by atoms with van der Waals surface area (Å²) in [5, 5.41) is 4.81. The summed E-state index contributed by atoms with van der Waals surface area (Å²) in [7, 11) is 0. The van der Waals surface area contributed by atoms with Crippen molar-refractivity contribution < 1.29 is 4.74 Å². The average molecular weight is 286 g/mol. The van der Waals surface area contributed by atoms with Crippen molar-refractivity contribution in [2.75, 3.05) is 13.2 Å². The van der Waals surface area contributed by atoms with E-state index in [2.05, 4.69) is 55.3 Å². The van der Waals surface area contributed by atoms with Gasteiger partial charge in [-0.1, -0.05) is 31.2 Å². The number of nitrogens with zero attached hydrogens (tertiary/aromatic N) is 1. The Kier molecular flexibility index (Phi) is 5.32. The molecule has 0 saturated heterocycles. The van der Waals surface area contributed by atoms with Gasteiger partial charge < -0.3 is 10.1 Å². The minimum absolute atomic E-state index is 0.121. The number of ether oxygens (including phenoxy) is 1. The molecule has 0 aliphatic heterocycles. The third-order valence-corrected chi connectivity index (χ3v) is 3.78. The van der Waals surface area contributed by atoms with Crippen LogP contribution in [0.5, 0.6) is 0 Å². The molecule has 21 heavy (non-hydrogen) atoms. The lowest BCUT2D eigenvalue weighted by atomic mass is 9.89. The van der Waals surface area contributed by atoms with E-state index in [-0.39, 0.29) is 11.6 Å². The number of nitrogens with one attached hydrogen (secondary N) is 1. The van der Waals surface area contributed by atoms with Crippen molar-refractivity contribution >= 4 is 10.9 Å². The van der Waals surface area contributed by atoms with Crippen LogP contribution in [0.25, 0.3) is 10.9 Å². The number of aromatic nitrogens is 1. The zero-order valence-electron chi connectivity index (χ0n) is 13.5. The van der Waals surface area contributed by atoms with Crippen LogP contribution in [0.4, 0.5) is 0 Å². The number of hydrogen-bond acceptors (Lipinski definition) is 3. The molecule has 0 aliphatic carbocycles. The minimum Gasteiger partial charge on any atom is -0.374 e. The van der Waals surface area contributed by atoms with Crippen LogP contribution in [0.1, 0.15) is 45.7 Å². The lowest BCUT2D eigenvalue weighted by Crippen LogP contribution is -2.42. The van der Waals surface area contributed by atoms with Gasteiger partial charge in [0.1, 0.15) is 0 Å². The van der Waals surface area contributed by atoms with E-state index in [4.69, 9.17) is 4.74 Å². The fourth-order valence-electron chi connectivity index (χ4n) is 2.84. The molecule has 0 amide bonds. The Bertz CT molecular complexity index is 575. The topological polar surface area (TPSA) is 34.2 Å². The molecular formula is C18H26N2O. The molecule has 2 rings (SSSR count). The summed E-state index contributed by atoms with van der Waals surface area (Å²) in [6.45, 7) is 10.2. The number of rotatable bonds is 7. The Morgan fingerprint density at radius 2 is 1.95 bits per heavy atom. The van der Waals surface area contributed by atoms with Crippen LogP contribution in [0.15, 0.2) is 36.5 Å². The van der Waals surface area contributed by atoms with Crippen molar-refractivity contribution in [3.8, 4) is 0 Å². The molecular weight excluding hydrogens is 260 g/mol. The molecule has 1 aromatic heterocycles. The summed E-state index contributed by atoms with van der Waals surface area (Å²) in [6, 6.07) is 10.6. The molecule has 1 atom stereocenters. The van der Waals surface area contributed by atoms with E-state index >= 15 is 0 Å². The van der Waals surface area contributed by atoms with E-state index in [1.165, 1.54) is 10.9 Å². The van der Waals surface area contributed by atoms with Crippen molar-refractivity contribution in [3.63, 3.8) is 0 Å². The summed E-state index contributed by atoms with van der Waals surface area (Å²) in [5.41, 5.74) is 1.98. The number of pyridine rings is 1. The Morgan fingerprint density at radius 1 is 1.19 bits per heavy atom. The summed E-state index contributed by atoms with van der Waals surface area (Å²) < 4.78 is 6.00. The van der Waals surface area contributed by atoms with Gasteiger partial charge in [-0.25, -0.2) is 0 Å². The lowest BCUT2D eigenvalue weighted by molar-refractivity contribution is -0.0388. The van der Waals surface area contributed by atoms with Gasteiger partial charge in [-0.05, 0) is 45.4 Å². The molecule has 114 valence electrons. The molecule has 2 aromatic rings. The molecule has 3 heteroatoms. The van der Waals surface area contributed by atoms with Gasteiger partial charge >= 0.3 is 0 Å².